The fraction of sp³-hybridized carbons (Fsp3) is 0.615. The van der Waals surface area contributed by atoms with E-state index < -0.39 is 0 Å². The highest BCUT2D eigenvalue weighted by Crippen LogP contribution is 2.41. The van der Waals surface area contributed by atoms with Gasteiger partial charge in [0, 0.05) is 5.92 Å². The monoisotopic (exact) mass is 192 g/mol. The molecule has 0 heterocycles. The van der Waals surface area contributed by atoms with Crippen LogP contribution < -0.4 is 0 Å². The first-order valence-electron chi connectivity index (χ1n) is 5.32. The lowest BCUT2D eigenvalue weighted by atomic mass is 9.65. The summed E-state index contributed by atoms with van der Waals surface area (Å²) in [6.45, 7) is 8.38. The summed E-state index contributed by atoms with van der Waals surface area (Å²) in [6, 6.07) is 0. The Morgan fingerprint density at radius 3 is 2.64 bits per heavy atom. The van der Waals surface area contributed by atoms with E-state index in [0.717, 1.165) is 6.42 Å². The Balaban J connectivity index is 2.93. The van der Waals surface area contributed by atoms with Crippen molar-refractivity contribution in [1.82, 2.24) is 0 Å². The zero-order valence-corrected chi connectivity index (χ0v) is 9.58. The van der Waals surface area contributed by atoms with Gasteiger partial charge >= 0.3 is 0 Å². The molecule has 0 N–H and O–H groups in total. The molecule has 1 nitrogen and oxygen atoms in total. The van der Waals surface area contributed by atoms with Gasteiger partial charge in [0.25, 0.3) is 0 Å². The molecule has 0 bridgehead atoms. The number of carbonyl (C=O) groups is 1. The van der Waals surface area contributed by atoms with Crippen LogP contribution in [0.1, 0.15) is 34.1 Å². The molecule has 1 aliphatic rings. The predicted octanol–water partition coefficient (Wildman–Crippen LogP) is 3.37. The topological polar surface area (TPSA) is 17.1 Å². The van der Waals surface area contributed by atoms with Crippen LogP contribution in [0.2, 0.25) is 0 Å². The minimum Gasteiger partial charge on any atom is -0.295 e. The van der Waals surface area contributed by atoms with Gasteiger partial charge in [-0.2, -0.15) is 0 Å². The molecule has 78 valence electrons. The van der Waals surface area contributed by atoms with Crippen LogP contribution in [0.5, 0.6) is 0 Å². The van der Waals surface area contributed by atoms with Gasteiger partial charge in [0.2, 0.25) is 0 Å². The van der Waals surface area contributed by atoms with E-state index in [-0.39, 0.29) is 17.1 Å². The summed E-state index contributed by atoms with van der Waals surface area (Å²) in [5.74, 6) is 0.778. The number of hydrogen-bond donors (Lipinski definition) is 0. The van der Waals surface area contributed by atoms with Gasteiger partial charge in [0.15, 0.2) is 5.78 Å². The molecular formula is C13H20O. The van der Waals surface area contributed by atoms with Gasteiger partial charge in [-0.1, -0.05) is 39.0 Å². The van der Waals surface area contributed by atoms with E-state index in [2.05, 4.69) is 32.9 Å². The molecule has 14 heavy (non-hydrogen) atoms. The quantitative estimate of drug-likeness (QED) is 0.484. The normalized spacial score (nSPS) is 30.9. The van der Waals surface area contributed by atoms with Crippen LogP contribution in [0, 0.1) is 17.3 Å². The van der Waals surface area contributed by atoms with Crippen LogP contribution in [0.4, 0.5) is 0 Å². The van der Waals surface area contributed by atoms with Gasteiger partial charge in [-0.05, 0) is 30.8 Å². The van der Waals surface area contributed by atoms with Crippen molar-refractivity contribution in [3.8, 4) is 0 Å². The summed E-state index contributed by atoms with van der Waals surface area (Å²) < 4.78 is 0. The van der Waals surface area contributed by atoms with E-state index >= 15 is 0 Å². The smallest absolute Gasteiger partial charge is 0.159 e. The second kappa shape index (κ2) is 4.12. The first-order valence-corrected chi connectivity index (χ1v) is 5.32. The second-order valence-electron chi connectivity index (χ2n) is 4.86. The van der Waals surface area contributed by atoms with Crippen molar-refractivity contribution >= 4 is 5.78 Å². The van der Waals surface area contributed by atoms with Crippen LogP contribution in [0.15, 0.2) is 24.3 Å². The van der Waals surface area contributed by atoms with Crippen molar-refractivity contribution < 1.29 is 4.79 Å². The van der Waals surface area contributed by atoms with Gasteiger partial charge in [-0.3, -0.25) is 4.79 Å². The molecule has 0 fully saturated rings. The van der Waals surface area contributed by atoms with Gasteiger partial charge < -0.3 is 0 Å². The number of rotatable bonds is 2. The molecule has 2 unspecified atom stereocenters. The molecule has 0 spiro atoms. The van der Waals surface area contributed by atoms with Crippen molar-refractivity contribution in [3.05, 3.63) is 24.3 Å². The summed E-state index contributed by atoms with van der Waals surface area (Å²) >= 11 is 0. The Hall–Kier alpha value is -0.850. The lowest BCUT2D eigenvalue weighted by molar-refractivity contribution is -0.123. The standard InChI is InChI=1S/C13H20O/c1-5-7-11(14)12-10(2)8-6-9-13(12,3)4/h5-8,10,12H,9H2,1-4H3. The Labute approximate surface area is 86.9 Å². The molecule has 1 rings (SSSR count). The fourth-order valence-corrected chi connectivity index (χ4v) is 2.45. The number of allylic oxidation sites excluding steroid dienone is 4. The highest BCUT2D eigenvalue weighted by Gasteiger charge is 2.38. The molecule has 0 saturated heterocycles. The third-order valence-corrected chi connectivity index (χ3v) is 3.09. The van der Waals surface area contributed by atoms with E-state index in [4.69, 9.17) is 0 Å². The fourth-order valence-electron chi connectivity index (χ4n) is 2.45. The minimum absolute atomic E-state index is 0.102. The summed E-state index contributed by atoms with van der Waals surface area (Å²) in [4.78, 5) is 11.9. The van der Waals surface area contributed by atoms with Gasteiger partial charge in [0.1, 0.15) is 0 Å². The largest absolute Gasteiger partial charge is 0.295 e. The molecule has 0 aromatic heterocycles. The Kier molecular flexibility index (Phi) is 3.30. The average Bonchev–Trinajstić information content (AvgIpc) is 2.02. The van der Waals surface area contributed by atoms with Crippen molar-refractivity contribution in [2.45, 2.75) is 34.1 Å². The van der Waals surface area contributed by atoms with E-state index in [0.29, 0.717) is 5.92 Å². The molecule has 0 amide bonds. The molecule has 1 heteroatoms. The number of hydrogen-bond acceptors (Lipinski definition) is 1. The van der Waals surface area contributed by atoms with Crippen LogP contribution >= 0.6 is 0 Å². The SMILES string of the molecule is CC=CC(=O)C1C(C)C=CCC1(C)C. The highest BCUT2D eigenvalue weighted by molar-refractivity contribution is 5.92. The van der Waals surface area contributed by atoms with E-state index in [1.807, 2.05) is 13.0 Å². The Morgan fingerprint density at radius 2 is 2.14 bits per heavy atom. The van der Waals surface area contributed by atoms with Crippen molar-refractivity contribution in [3.63, 3.8) is 0 Å². The van der Waals surface area contributed by atoms with Gasteiger partial charge in [-0.25, -0.2) is 0 Å². The average molecular weight is 192 g/mol. The summed E-state index contributed by atoms with van der Waals surface area (Å²) in [6.07, 6.45) is 8.91. The maximum atomic E-state index is 11.9. The van der Waals surface area contributed by atoms with Crippen molar-refractivity contribution in [1.29, 1.82) is 0 Å². The maximum absolute atomic E-state index is 11.9. The molecule has 0 aromatic rings. The molecule has 1 aliphatic carbocycles. The second-order valence-corrected chi connectivity index (χ2v) is 4.86. The van der Waals surface area contributed by atoms with Crippen LogP contribution in [0.25, 0.3) is 0 Å². The molecule has 0 aromatic carbocycles. The number of carbonyl (C=O) groups excluding carboxylic acids is 1. The lowest BCUT2D eigenvalue weighted by Gasteiger charge is -2.38. The molecular weight excluding hydrogens is 172 g/mol. The van der Waals surface area contributed by atoms with E-state index in [1.165, 1.54) is 0 Å². The van der Waals surface area contributed by atoms with Crippen molar-refractivity contribution in [2.75, 3.05) is 0 Å². The summed E-state index contributed by atoms with van der Waals surface area (Å²) in [5.41, 5.74) is 0.102. The first kappa shape index (κ1) is 11.2. The highest BCUT2D eigenvalue weighted by atomic mass is 16.1. The zero-order valence-electron chi connectivity index (χ0n) is 9.58. The maximum Gasteiger partial charge on any atom is 0.159 e. The summed E-state index contributed by atoms with van der Waals surface area (Å²) in [5, 5.41) is 0. The predicted molar refractivity (Wildman–Crippen MR) is 60.0 cm³/mol. The lowest BCUT2D eigenvalue weighted by Crippen LogP contribution is -2.36. The minimum atomic E-state index is 0.102. The molecule has 2 atom stereocenters. The zero-order chi connectivity index (χ0) is 10.8. The number of ketones is 1. The van der Waals surface area contributed by atoms with Crippen LogP contribution in [-0.4, -0.2) is 5.78 Å². The van der Waals surface area contributed by atoms with Crippen LogP contribution in [-0.2, 0) is 4.79 Å². The third kappa shape index (κ3) is 2.14. The molecule has 0 saturated carbocycles. The third-order valence-electron chi connectivity index (χ3n) is 3.09. The Morgan fingerprint density at radius 1 is 1.50 bits per heavy atom. The Bertz CT molecular complexity index is 271. The van der Waals surface area contributed by atoms with Gasteiger partial charge in [0.05, 0.1) is 0 Å². The van der Waals surface area contributed by atoms with Crippen molar-refractivity contribution in [2.24, 2.45) is 17.3 Å². The van der Waals surface area contributed by atoms with E-state index in [9.17, 15) is 4.79 Å². The van der Waals surface area contributed by atoms with Crippen LogP contribution in [0.3, 0.4) is 0 Å². The molecule has 0 radical (unpaired) electrons. The van der Waals surface area contributed by atoms with Gasteiger partial charge in [-0.15, -0.1) is 0 Å². The van der Waals surface area contributed by atoms with E-state index in [1.54, 1.807) is 6.08 Å². The first-order chi connectivity index (χ1) is 6.49. The molecule has 0 aliphatic heterocycles. The summed E-state index contributed by atoms with van der Waals surface area (Å²) in [7, 11) is 0.